The third-order valence-corrected chi connectivity index (χ3v) is 5.20. The number of likely N-dealkylation sites (tertiary alicyclic amines) is 1. The van der Waals surface area contributed by atoms with E-state index < -0.39 is 17.7 Å². The van der Waals surface area contributed by atoms with Crippen LogP contribution in [0.25, 0.3) is 5.76 Å². The van der Waals surface area contributed by atoms with Gasteiger partial charge < -0.3 is 24.6 Å². The minimum Gasteiger partial charge on any atom is -0.508 e. The molecule has 1 heterocycles. The molecule has 1 fully saturated rings. The standard InChI is InChI=1S/C24H27NO6/c1-14(2)31-11-10-25-21(16-6-5-7-17(26)13-16)20(23(28)24(25)29)22(27)19-9-8-18(30-4)12-15(19)3/h5-9,12-14,21,26-27H,10-11H2,1-4H3/b22-20-. The molecule has 2 aromatic rings. The number of carbonyl (C=O) groups excluding carboxylic acids is 2. The summed E-state index contributed by atoms with van der Waals surface area (Å²) in [7, 11) is 1.54. The number of aryl methyl sites for hydroxylation is 1. The lowest BCUT2D eigenvalue weighted by atomic mass is 9.93. The summed E-state index contributed by atoms with van der Waals surface area (Å²) in [6.45, 7) is 5.96. The number of aromatic hydroxyl groups is 1. The van der Waals surface area contributed by atoms with Crippen LogP contribution in [0.1, 0.15) is 36.6 Å². The summed E-state index contributed by atoms with van der Waals surface area (Å²) in [5.74, 6) is -1.13. The molecule has 1 saturated heterocycles. The van der Waals surface area contributed by atoms with E-state index >= 15 is 0 Å². The number of carbonyl (C=O) groups is 2. The van der Waals surface area contributed by atoms with E-state index in [2.05, 4.69) is 0 Å². The Morgan fingerprint density at radius 2 is 1.90 bits per heavy atom. The fourth-order valence-electron chi connectivity index (χ4n) is 3.71. The van der Waals surface area contributed by atoms with E-state index in [9.17, 15) is 19.8 Å². The highest BCUT2D eigenvalue weighted by molar-refractivity contribution is 6.46. The van der Waals surface area contributed by atoms with Crippen molar-refractivity contribution in [3.63, 3.8) is 0 Å². The number of hydrogen-bond donors (Lipinski definition) is 2. The summed E-state index contributed by atoms with van der Waals surface area (Å²) in [6.07, 6.45) is -0.0296. The molecule has 1 atom stereocenters. The van der Waals surface area contributed by atoms with Crippen LogP contribution in [-0.2, 0) is 14.3 Å². The minimum atomic E-state index is -0.843. The topological polar surface area (TPSA) is 96.3 Å². The van der Waals surface area contributed by atoms with Crippen molar-refractivity contribution in [2.75, 3.05) is 20.3 Å². The number of ketones is 1. The van der Waals surface area contributed by atoms with Gasteiger partial charge in [-0.15, -0.1) is 0 Å². The van der Waals surface area contributed by atoms with Gasteiger partial charge in [0.05, 0.1) is 31.4 Å². The van der Waals surface area contributed by atoms with Gasteiger partial charge in [-0.1, -0.05) is 12.1 Å². The number of amides is 1. The van der Waals surface area contributed by atoms with Crippen LogP contribution >= 0.6 is 0 Å². The number of rotatable bonds is 7. The van der Waals surface area contributed by atoms with Crippen LogP contribution in [0.3, 0.4) is 0 Å². The van der Waals surface area contributed by atoms with Crippen molar-refractivity contribution >= 4 is 17.4 Å². The maximum Gasteiger partial charge on any atom is 0.295 e. The first-order valence-corrected chi connectivity index (χ1v) is 10.1. The number of ether oxygens (including phenoxy) is 2. The molecule has 2 N–H and O–H groups in total. The van der Waals surface area contributed by atoms with Crippen molar-refractivity contribution in [2.24, 2.45) is 0 Å². The summed E-state index contributed by atoms with van der Waals surface area (Å²) in [6, 6.07) is 10.6. The van der Waals surface area contributed by atoms with E-state index in [-0.39, 0.29) is 36.3 Å². The Bertz CT molecular complexity index is 1030. The van der Waals surface area contributed by atoms with Gasteiger partial charge >= 0.3 is 0 Å². The van der Waals surface area contributed by atoms with E-state index in [0.717, 1.165) is 0 Å². The second-order valence-electron chi connectivity index (χ2n) is 7.69. The molecule has 0 spiro atoms. The molecule has 31 heavy (non-hydrogen) atoms. The number of benzene rings is 2. The Hall–Kier alpha value is -3.32. The summed E-state index contributed by atoms with van der Waals surface area (Å²) in [5.41, 5.74) is 1.63. The van der Waals surface area contributed by atoms with E-state index in [0.29, 0.717) is 22.4 Å². The maximum atomic E-state index is 13.0. The molecule has 7 nitrogen and oxygen atoms in total. The van der Waals surface area contributed by atoms with Crippen molar-refractivity contribution in [3.05, 3.63) is 64.7 Å². The fourth-order valence-corrected chi connectivity index (χ4v) is 3.71. The normalized spacial score (nSPS) is 18.1. The molecule has 0 saturated carbocycles. The van der Waals surface area contributed by atoms with Gasteiger partial charge in [0.25, 0.3) is 11.7 Å². The van der Waals surface area contributed by atoms with Crippen LogP contribution < -0.4 is 4.74 Å². The Labute approximate surface area is 181 Å². The summed E-state index contributed by atoms with van der Waals surface area (Å²) >= 11 is 0. The van der Waals surface area contributed by atoms with Gasteiger partial charge in [0.1, 0.15) is 17.3 Å². The Balaban J connectivity index is 2.12. The van der Waals surface area contributed by atoms with Crippen LogP contribution in [0.15, 0.2) is 48.0 Å². The van der Waals surface area contributed by atoms with Crippen molar-refractivity contribution in [1.82, 2.24) is 4.90 Å². The van der Waals surface area contributed by atoms with E-state index in [1.807, 2.05) is 13.8 Å². The number of Topliss-reactive ketones (excluding diaryl/α,β-unsaturated/α-hetero) is 1. The van der Waals surface area contributed by atoms with Crippen LogP contribution in [0.5, 0.6) is 11.5 Å². The second kappa shape index (κ2) is 9.22. The van der Waals surface area contributed by atoms with E-state index in [1.165, 1.54) is 17.0 Å². The Kier molecular flexibility index (Phi) is 6.65. The lowest BCUT2D eigenvalue weighted by Gasteiger charge is -2.26. The van der Waals surface area contributed by atoms with Gasteiger partial charge in [0.15, 0.2) is 0 Å². The minimum absolute atomic E-state index is 0.00199. The van der Waals surface area contributed by atoms with Gasteiger partial charge in [-0.25, -0.2) is 0 Å². The van der Waals surface area contributed by atoms with E-state index in [1.54, 1.807) is 44.4 Å². The first kappa shape index (κ1) is 22.4. The third kappa shape index (κ3) is 4.56. The zero-order valence-corrected chi connectivity index (χ0v) is 18.1. The zero-order valence-electron chi connectivity index (χ0n) is 18.1. The highest BCUT2D eigenvalue weighted by Gasteiger charge is 2.46. The lowest BCUT2D eigenvalue weighted by molar-refractivity contribution is -0.140. The molecule has 164 valence electrons. The average Bonchev–Trinajstić information content (AvgIpc) is 2.98. The zero-order chi connectivity index (χ0) is 22.7. The fraction of sp³-hybridized carbons (Fsp3) is 0.333. The smallest absolute Gasteiger partial charge is 0.295 e. The molecule has 0 radical (unpaired) electrons. The first-order valence-electron chi connectivity index (χ1n) is 10.1. The van der Waals surface area contributed by atoms with Gasteiger partial charge in [-0.3, -0.25) is 9.59 Å². The Morgan fingerprint density at radius 3 is 2.52 bits per heavy atom. The molecule has 7 heteroatoms. The molecule has 2 aromatic carbocycles. The molecule has 1 amide bonds. The number of aliphatic hydroxyl groups excluding tert-OH is 1. The summed E-state index contributed by atoms with van der Waals surface area (Å²) in [4.78, 5) is 27.2. The number of aliphatic hydroxyl groups is 1. The number of phenolic OH excluding ortho intramolecular Hbond substituents is 1. The van der Waals surface area contributed by atoms with Crippen LogP contribution in [0, 0.1) is 6.92 Å². The highest BCUT2D eigenvalue weighted by atomic mass is 16.5. The molecular formula is C24H27NO6. The molecular weight excluding hydrogens is 398 g/mol. The number of hydrogen-bond acceptors (Lipinski definition) is 6. The molecule has 0 aromatic heterocycles. The van der Waals surface area contributed by atoms with Gasteiger partial charge in [0.2, 0.25) is 0 Å². The molecule has 1 unspecified atom stereocenters. The van der Waals surface area contributed by atoms with Crippen LogP contribution in [-0.4, -0.2) is 53.2 Å². The quantitative estimate of drug-likeness (QED) is 0.400. The van der Waals surface area contributed by atoms with Crippen LogP contribution in [0.4, 0.5) is 0 Å². The van der Waals surface area contributed by atoms with Gasteiger partial charge in [0, 0.05) is 12.1 Å². The molecule has 0 aliphatic carbocycles. The van der Waals surface area contributed by atoms with Gasteiger partial charge in [-0.2, -0.15) is 0 Å². The number of phenols is 1. The van der Waals surface area contributed by atoms with Crippen molar-refractivity contribution in [1.29, 1.82) is 0 Å². The molecule has 3 rings (SSSR count). The largest absolute Gasteiger partial charge is 0.508 e. The summed E-state index contributed by atoms with van der Waals surface area (Å²) in [5, 5.41) is 21.1. The SMILES string of the molecule is COc1ccc(/C(O)=C2/C(=O)C(=O)N(CCOC(C)C)C2c2cccc(O)c2)c(C)c1. The van der Waals surface area contributed by atoms with E-state index in [4.69, 9.17) is 9.47 Å². The van der Waals surface area contributed by atoms with Crippen LogP contribution in [0.2, 0.25) is 0 Å². The molecule has 1 aliphatic heterocycles. The maximum absolute atomic E-state index is 13.0. The molecule has 0 bridgehead atoms. The Morgan fingerprint density at radius 1 is 1.16 bits per heavy atom. The second-order valence-corrected chi connectivity index (χ2v) is 7.69. The predicted molar refractivity (Wildman–Crippen MR) is 116 cm³/mol. The van der Waals surface area contributed by atoms with Crippen molar-refractivity contribution in [2.45, 2.75) is 32.9 Å². The third-order valence-electron chi connectivity index (χ3n) is 5.20. The summed E-state index contributed by atoms with van der Waals surface area (Å²) < 4.78 is 10.8. The number of methoxy groups -OCH3 is 1. The molecule has 1 aliphatic rings. The lowest BCUT2D eigenvalue weighted by Crippen LogP contribution is -2.33. The number of nitrogens with zero attached hydrogens (tertiary/aromatic N) is 1. The first-order chi connectivity index (χ1) is 14.7. The monoisotopic (exact) mass is 425 g/mol. The van der Waals surface area contributed by atoms with Crippen molar-refractivity contribution in [3.8, 4) is 11.5 Å². The highest BCUT2D eigenvalue weighted by Crippen LogP contribution is 2.40. The average molecular weight is 425 g/mol. The van der Waals surface area contributed by atoms with Crippen molar-refractivity contribution < 1.29 is 29.3 Å². The van der Waals surface area contributed by atoms with Gasteiger partial charge in [-0.05, 0) is 62.2 Å². The predicted octanol–water partition coefficient (Wildman–Crippen LogP) is 3.56.